The summed E-state index contributed by atoms with van der Waals surface area (Å²) in [5, 5.41) is 4.90. The summed E-state index contributed by atoms with van der Waals surface area (Å²) in [5.74, 6) is -0.223. The Labute approximate surface area is 121 Å². The molecule has 0 fully saturated rings. The summed E-state index contributed by atoms with van der Waals surface area (Å²) in [7, 11) is 0. The quantitative estimate of drug-likeness (QED) is 0.800. The molecule has 1 heterocycles. The molecule has 1 aromatic heterocycles. The van der Waals surface area contributed by atoms with Crippen molar-refractivity contribution < 1.29 is 4.79 Å². The summed E-state index contributed by atoms with van der Waals surface area (Å²) in [6, 6.07) is 18.4. The van der Waals surface area contributed by atoms with E-state index in [-0.39, 0.29) is 18.0 Å². The van der Waals surface area contributed by atoms with E-state index in [1.807, 2.05) is 42.5 Å². The highest BCUT2D eigenvalue weighted by Crippen LogP contribution is 2.22. The minimum Gasteiger partial charge on any atom is -0.324 e. The van der Waals surface area contributed by atoms with Gasteiger partial charge in [-0.2, -0.15) is 0 Å². The third-order valence-corrected chi connectivity index (χ3v) is 3.28. The molecule has 21 heavy (non-hydrogen) atoms. The Morgan fingerprint density at radius 1 is 0.952 bits per heavy atom. The largest absolute Gasteiger partial charge is 0.324 e. The zero-order valence-corrected chi connectivity index (χ0v) is 11.3. The van der Waals surface area contributed by atoms with Crippen LogP contribution in [0.1, 0.15) is 0 Å². The lowest BCUT2D eigenvalue weighted by molar-refractivity contribution is -0.116. The van der Waals surface area contributed by atoms with E-state index < -0.39 is 0 Å². The predicted molar refractivity (Wildman–Crippen MR) is 83.3 cm³/mol. The second-order valence-corrected chi connectivity index (χ2v) is 4.74. The smallest absolute Gasteiger partial charge is 0.250 e. The number of pyridine rings is 1. The summed E-state index contributed by atoms with van der Waals surface area (Å²) in [6.45, 7) is 0.00287. The van der Waals surface area contributed by atoms with Gasteiger partial charge in [0.25, 0.3) is 5.56 Å². The molecule has 1 N–H and O–H groups in total. The molecule has 0 bridgehead atoms. The molecule has 0 saturated carbocycles. The maximum Gasteiger partial charge on any atom is 0.250 e. The monoisotopic (exact) mass is 278 g/mol. The van der Waals surface area contributed by atoms with Crippen LogP contribution in [0.15, 0.2) is 71.7 Å². The van der Waals surface area contributed by atoms with E-state index in [2.05, 4.69) is 5.32 Å². The number of aromatic nitrogens is 1. The van der Waals surface area contributed by atoms with Crippen LogP contribution in [0.5, 0.6) is 0 Å². The first-order valence-electron chi connectivity index (χ1n) is 6.67. The SMILES string of the molecule is O=C(Cn1ccccc1=O)Nc1cccc2ccccc12. The first kappa shape index (κ1) is 13.1. The third-order valence-electron chi connectivity index (χ3n) is 3.28. The summed E-state index contributed by atoms with van der Waals surface area (Å²) < 4.78 is 1.38. The summed E-state index contributed by atoms with van der Waals surface area (Å²) >= 11 is 0. The average Bonchev–Trinajstić information content (AvgIpc) is 2.50. The predicted octanol–water partition coefficient (Wildman–Crippen LogP) is 2.64. The molecule has 3 aromatic rings. The first-order valence-corrected chi connectivity index (χ1v) is 6.67. The molecular formula is C17H14N2O2. The van der Waals surface area contributed by atoms with Crippen LogP contribution in [0.4, 0.5) is 5.69 Å². The van der Waals surface area contributed by atoms with Gasteiger partial charge >= 0.3 is 0 Å². The van der Waals surface area contributed by atoms with E-state index in [9.17, 15) is 9.59 Å². The summed E-state index contributed by atoms with van der Waals surface area (Å²) in [5.41, 5.74) is 0.563. The number of anilines is 1. The van der Waals surface area contributed by atoms with E-state index >= 15 is 0 Å². The van der Waals surface area contributed by atoms with Crippen molar-refractivity contribution in [3.05, 3.63) is 77.2 Å². The lowest BCUT2D eigenvalue weighted by Crippen LogP contribution is -2.26. The zero-order chi connectivity index (χ0) is 14.7. The van der Waals surface area contributed by atoms with Crippen molar-refractivity contribution in [2.24, 2.45) is 0 Å². The summed E-state index contributed by atoms with van der Waals surface area (Å²) in [4.78, 5) is 23.7. The van der Waals surface area contributed by atoms with Crippen LogP contribution >= 0.6 is 0 Å². The van der Waals surface area contributed by atoms with Gasteiger partial charge in [-0.3, -0.25) is 9.59 Å². The van der Waals surface area contributed by atoms with Crippen molar-refractivity contribution in [3.63, 3.8) is 0 Å². The number of nitrogens with zero attached hydrogens (tertiary/aromatic N) is 1. The molecule has 1 amide bonds. The highest BCUT2D eigenvalue weighted by atomic mass is 16.2. The molecule has 2 aromatic carbocycles. The molecule has 4 heteroatoms. The zero-order valence-electron chi connectivity index (χ0n) is 11.3. The van der Waals surface area contributed by atoms with Crippen LogP contribution < -0.4 is 10.9 Å². The number of benzene rings is 2. The van der Waals surface area contributed by atoms with Crippen LogP contribution in [0.25, 0.3) is 10.8 Å². The number of rotatable bonds is 3. The minimum atomic E-state index is -0.223. The maximum absolute atomic E-state index is 12.1. The number of fused-ring (bicyclic) bond motifs is 1. The van der Waals surface area contributed by atoms with Crippen LogP contribution in [0, 0.1) is 0 Å². The van der Waals surface area contributed by atoms with E-state index in [4.69, 9.17) is 0 Å². The number of carbonyl (C=O) groups is 1. The van der Waals surface area contributed by atoms with Gasteiger partial charge in [0.1, 0.15) is 6.54 Å². The lowest BCUT2D eigenvalue weighted by atomic mass is 10.1. The first-order chi connectivity index (χ1) is 10.2. The number of hydrogen-bond donors (Lipinski definition) is 1. The van der Waals surface area contributed by atoms with Crippen LogP contribution in [0.2, 0.25) is 0 Å². The summed E-state index contributed by atoms with van der Waals surface area (Å²) in [6.07, 6.45) is 1.60. The van der Waals surface area contributed by atoms with Crippen molar-refractivity contribution >= 4 is 22.4 Å². The van der Waals surface area contributed by atoms with Gasteiger partial charge < -0.3 is 9.88 Å². The van der Waals surface area contributed by atoms with Gasteiger partial charge in [0.05, 0.1) is 0 Å². The minimum absolute atomic E-state index is 0.00287. The molecule has 0 atom stereocenters. The molecule has 0 aliphatic carbocycles. The van der Waals surface area contributed by atoms with Crippen LogP contribution in [-0.2, 0) is 11.3 Å². The van der Waals surface area contributed by atoms with Crippen molar-refractivity contribution in [3.8, 4) is 0 Å². The van der Waals surface area contributed by atoms with E-state index in [1.165, 1.54) is 10.6 Å². The molecule has 104 valence electrons. The number of nitrogens with one attached hydrogen (secondary N) is 1. The Morgan fingerprint density at radius 3 is 2.57 bits per heavy atom. The Hall–Kier alpha value is -2.88. The van der Waals surface area contributed by atoms with Crippen molar-refractivity contribution in [1.29, 1.82) is 0 Å². The molecular weight excluding hydrogens is 264 g/mol. The van der Waals surface area contributed by atoms with Crippen molar-refractivity contribution in [1.82, 2.24) is 4.57 Å². The van der Waals surface area contributed by atoms with Gasteiger partial charge in [0, 0.05) is 23.3 Å². The van der Waals surface area contributed by atoms with E-state index in [0.29, 0.717) is 0 Å². The van der Waals surface area contributed by atoms with Crippen LogP contribution in [-0.4, -0.2) is 10.5 Å². The molecule has 3 rings (SSSR count). The third kappa shape index (κ3) is 2.84. The second kappa shape index (κ2) is 5.63. The Kier molecular flexibility index (Phi) is 3.51. The van der Waals surface area contributed by atoms with Gasteiger partial charge in [-0.05, 0) is 17.5 Å². The number of hydrogen-bond acceptors (Lipinski definition) is 2. The van der Waals surface area contributed by atoms with Gasteiger partial charge in [0.15, 0.2) is 0 Å². The molecule has 0 radical (unpaired) electrons. The van der Waals surface area contributed by atoms with Crippen molar-refractivity contribution in [2.75, 3.05) is 5.32 Å². The highest BCUT2D eigenvalue weighted by molar-refractivity contribution is 6.01. The number of carbonyl (C=O) groups excluding carboxylic acids is 1. The second-order valence-electron chi connectivity index (χ2n) is 4.74. The Bertz CT molecular complexity index is 847. The lowest BCUT2D eigenvalue weighted by Gasteiger charge is -2.09. The fraction of sp³-hybridized carbons (Fsp3) is 0.0588. The molecule has 0 saturated heterocycles. The van der Waals surface area contributed by atoms with Gasteiger partial charge in [-0.25, -0.2) is 0 Å². The maximum atomic E-state index is 12.1. The van der Waals surface area contributed by atoms with Gasteiger partial charge in [-0.15, -0.1) is 0 Å². The highest BCUT2D eigenvalue weighted by Gasteiger charge is 2.06. The van der Waals surface area contributed by atoms with E-state index in [0.717, 1.165) is 16.5 Å². The van der Waals surface area contributed by atoms with Crippen LogP contribution in [0.3, 0.4) is 0 Å². The standard InChI is InChI=1S/C17H14N2O2/c20-16(12-19-11-4-3-10-17(19)21)18-15-9-5-7-13-6-1-2-8-14(13)15/h1-11H,12H2,(H,18,20). The molecule has 0 aliphatic rings. The average molecular weight is 278 g/mol. The molecule has 0 unspecified atom stereocenters. The Morgan fingerprint density at radius 2 is 1.71 bits per heavy atom. The molecule has 4 nitrogen and oxygen atoms in total. The fourth-order valence-corrected chi connectivity index (χ4v) is 2.27. The topological polar surface area (TPSA) is 51.1 Å². The van der Waals surface area contributed by atoms with E-state index in [1.54, 1.807) is 18.3 Å². The van der Waals surface area contributed by atoms with Crippen molar-refractivity contribution in [2.45, 2.75) is 6.54 Å². The molecule has 0 spiro atoms. The fourth-order valence-electron chi connectivity index (χ4n) is 2.27. The molecule has 0 aliphatic heterocycles. The van der Waals surface area contributed by atoms with Gasteiger partial charge in [0.2, 0.25) is 5.91 Å². The van der Waals surface area contributed by atoms with Gasteiger partial charge in [-0.1, -0.05) is 42.5 Å². The normalized spacial score (nSPS) is 10.5. The Balaban J connectivity index is 1.84. The number of amides is 1.